The average molecular weight is 565 g/mol. The van der Waals surface area contributed by atoms with Crippen molar-refractivity contribution in [2.45, 2.75) is 58.7 Å². The van der Waals surface area contributed by atoms with Crippen molar-refractivity contribution in [2.75, 3.05) is 33.8 Å². The van der Waals surface area contributed by atoms with Gasteiger partial charge in [0.05, 0.1) is 6.61 Å². The van der Waals surface area contributed by atoms with Crippen LogP contribution in [0.4, 0.5) is 4.79 Å². The van der Waals surface area contributed by atoms with Crippen LogP contribution in [0.25, 0.3) is 0 Å². The molecule has 41 heavy (non-hydrogen) atoms. The van der Waals surface area contributed by atoms with Crippen LogP contribution in [0.3, 0.4) is 0 Å². The number of allylic oxidation sites excluding steroid dienone is 3. The van der Waals surface area contributed by atoms with Gasteiger partial charge in [0.15, 0.2) is 0 Å². The van der Waals surface area contributed by atoms with E-state index in [0.717, 1.165) is 18.5 Å². The van der Waals surface area contributed by atoms with Crippen molar-refractivity contribution in [1.29, 1.82) is 0 Å². The standard InChI is InChI=1S/C32H44N4O5/c1-9-14-25(11-3)41-31(39)34-28(32(4,5)6)30(38)36-19-12-15-26(36)29(37)33-22-24-17-16-23(10-2)21-27(24)40-20-13-18-35(7)8/h2,9,11,14,16-17,21,26,28H,1,3,12-13,15,18-20,22H2,4-8H3,(H,33,37)(H,34,39)/b25-14+. The van der Waals surface area contributed by atoms with Crippen molar-refractivity contribution in [1.82, 2.24) is 20.4 Å². The Balaban J connectivity index is 2.12. The molecule has 1 heterocycles. The van der Waals surface area contributed by atoms with E-state index in [1.807, 2.05) is 40.9 Å². The Morgan fingerprint density at radius 3 is 2.61 bits per heavy atom. The van der Waals surface area contributed by atoms with Gasteiger partial charge in [-0.2, -0.15) is 0 Å². The van der Waals surface area contributed by atoms with E-state index < -0.39 is 23.6 Å². The largest absolute Gasteiger partial charge is 0.493 e. The summed E-state index contributed by atoms with van der Waals surface area (Å²) in [5.74, 6) is 2.83. The number of likely N-dealkylation sites (tertiary alicyclic amines) is 1. The van der Waals surface area contributed by atoms with E-state index in [9.17, 15) is 14.4 Å². The van der Waals surface area contributed by atoms with Crippen LogP contribution in [0.15, 0.2) is 55.3 Å². The third kappa shape index (κ3) is 10.1. The van der Waals surface area contributed by atoms with E-state index in [4.69, 9.17) is 15.9 Å². The highest BCUT2D eigenvalue weighted by atomic mass is 16.6. The van der Waals surface area contributed by atoms with Crippen LogP contribution in [0.2, 0.25) is 0 Å². The molecule has 9 nitrogen and oxygen atoms in total. The first-order valence-corrected chi connectivity index (χ1v) is 13.8. The average Bonchev–Trinajstić information content (AvgIpc) is 3.42. The monoisotopic (exact) mass is 564 g/mol. The molecule has 0 radical (unpaired) electrons. The second kappa shape index (κ2) is 15.7. The Morgan fingerprint density at radius 2 is 2.00 bits per heavy atom. The highest BCUT2D eigenvalue weighted by Gasteiger charge is 2.42. The maximum absolute atomic E-state index is 13.7. The number of terminal acetylenes is 1. The lowest BCUT2D eigenvalue weighted by Gasteiger charge is -2.35. The minimum absolute atomic E-state index is 0.201. The van der Waals surface area contributed by atoms with E-state index in [0.29, 0.717) is 37.3 Å². The molecule has 1 aromatic carbocycles. The van der Waals surface area contributed by atoms with Gasteiger partial charge >= 0.3 is 6.09 Å². The minimum atomic E-state index is -0.920. The van der Waals surface area contributed by atoms with Gasteiger partial charge in [-0.15, -0.1) is 6.42 Å². The first-order valence-electron chi connectivity index (χ1n) is 13.8. The van der Waals surface area contributed by atoms with Gasteiger partial charge in [0, 0.05) is 30.8 Å². The fourth-order valence-corrected chi connectivity index (χ4v) is 4.42. The first-order chi connectivity index (χ1) is 19.4. The van der Waals surface area contributed by atoms with Crippen LogP contribution in [-0.4, -0.2) is 73.6 Å². The molecule has 222 valence electrons. The van der Waals surface area contributed by atoms with Crippen molar-refractivity contribution in [3.05, 3.63) is 66.5 Å². The normalized spacial score (nSPS) is 16.0. The van der Waals surface area contributed by atoms with Crippen LogP contribution in [0, 0.1) is 17.8 Å². The van der Waals surface area contributed by atoms with Crippen molar-refractivity contribution in [3.63, 3.8) is 0 Å². The molecule has 1 aliphatic rings. The molecule has 2 N–H and O–H groups in total. The van der Waals surface area contributed by atoms with Gasteiger partial charge in [0.25, 0.3) is 0 Å². The number of amides is 3. The summed E-state index contributed by atoms with van der Waals surface area (Å²) in [6.07, 6.45) is 11.1. The Morgan fingerprint density at radius 1 is 1.27 bits per heavy atom. The molecule has 0 bridgehead atoms. The topological polar surface area (TPSA) is 100 Å². The number of hydrogen-bond acceptors (Lipinski definition) is 6. The lowest BCUT2D eigenvalue weighted by Crippen LogP contribution is -2.57. The van der Waals surface area contributed by atoms with E-state index in [1.165, 1.54) is 18.2 Å². The molecule has 0 spiro atoms. The zero-order valence-electron chi connectivity index (χ0n) is 25.0. The number of rotatable bonds is 13. The van der Waals surface area contributed by atoms with E-state index in [-0.39, 0.29) is 24.1 Å². The fraction of sp³-hybridized carbons (Fsp3) is 0.469. The maximum Gasteiger partial charge on any atom is 0.413 e. The molecule has 1 aliphatic heterocycles. The summed E-state index contributed by atoms with van der Waals surface area (Å²) in [5, 5.41) is 5.65. The fourth-order valence-electron chi connectivity index (χ4n) is 4.42. The van der Waals surface area contributed by atoms with Crippen molar-refractivity contribution >= 4 is 17.9 Å². The number of hydrogen-bond donors (Lipinski definition) is 2. The molecular formula is C32H44N4O5. The number of nitrogens with one attached hydrogen (secondary N) is 2. The Hall–Kier alpha value is -4.03. The van der Waals surface area contributed by atoms with Crippen LogP contribution < -0.4 is 15.4 Å². The van der Waals surface area contributed by atoms with E-state index in [2.05, 4.69) is 34.6 Å². The Labute approximate surface area is 244 Å². The summed E-state index contributed by atoms with van der Waals surface area (Å²) >= 11 is 0. The molecule has 1 fully saturated rings. The zero-order chi connectivity index (χ0) is 30.6. The molecule has 0 aliphatic carbocycles. The molecule has 1 saturated heterocycles. The van der Waals surface area contributed by atoms with Gasteiger partial charge in [-0.25, -0.2) is 4.79 Å². The van der Waals surface area contributed by atoms with Gasteiger partial charge in [-0.05, 0) is 63.1 Å². The number of carbonyl (C=O) groups excluding carboxylic acids is 3. The molecule has 3 amide bonds. The van der Waals surface area contributed by atoms with Crippen LogP contribution in [0.1, 0.15) is 51.2 Å². The number of carbonyl (C=O) groups is 3. The summed E-state index contributed by atoms with van der Waals surface area (Å²) in [4.78, 5) is 43.3. The third-order valence-corrected chi connectivity index (χ3v) is 6.60. The summed E-state index contributed by atoms with van der Waals surface area (Å²) in [7, 11) is 4.01. The second-order valence-electron chi connectivity index (χ2n) is 11.2. The third-order valence-electron chi connectivity index (χ3n) is 6.60. The molecule has 2 rings (SSSR count). The summed E-state index contributed by atoms with van der Waals surface area (Å²) in [6.45, 7) is 14.7. The smallest absolute Gasteiger partial charge is 0.413 e. The van der Waals surface area contributed by atoms with Crippen LogP contribution in [-0.2, 0) is 20.9 Å². The molecule has 1 aromatic rings. The quantitative estimate of drug-likeness (QED) is 0.163. The molecule has 9 heteroatoms. The SMILES string of the molecule is C#Cc1ccc(CNC(=O)C2CCCN2C(=O)C(NC(=O)O/C(C=C)=C/C=C)C(C)(C)C)c(OCCCN(C)C)c1. The van der Waals surface area contributed by atoms with Crippen molar-refractivity contribution in [3.8, 4) is 18.1 Å². The van der Waals surface area contributed by atoms with Gasteiger partial charge in [-0.1, -0.05) is 52.0 Å². The molecular weight excluding hydrogens is 520 g/mol. The highest BCUT2D eigenvalue weighted by molar-refractivity contribution is 5.92. The van der Waals surface area contributed by atoms with Gasteiger partial charge in [-0.3, -0.25) is 9.59 Å². The Bertz CT molecular complexity index is 1180. The Kier molecular flexibility index (Phi) is 12.7. The van der Waals surface area contributed by atoms with Gasteiger partial charge < -0.3 is 29.9 Å². The zero-order valence-corrected chi connectivity index (χ0v) is 25.0. The maximum atomic E-state index is 13.7. The number of alkyl carbamates (subject to hydrolysis) is 1. The molecule has 2 atom stereocenters. The second-order valence-corrected chi connectivity index (χ2v) is 11.2. The minimum Gasteiger partial charge on any atom is -0.493 e. The van der Waals surface area contributed by atoms with Crippen LogP contribution >= 0.6 is 0 Å². The van der Waals surface area contributed by atoms with Crippen molar-refractivity contribution in [2.24, 2.45) is 5.41 Å². The van der Waals surface area contributed by atoms with Crippen molar-refractivity contribution < 1.29 is 23.9 Å². The lowest BCUT2D eigenvalue weighted by molar-refractivity contribution is -0.142. The number of ether oxygens (including phenoxy) is 2. The van der Waals surface area contributed by atoms with E-state index >= 15 is 0 Å². The molecule has 0 saturated carbocycles. The van der Waals surface area contributed by atoms with E-state index in [1.54, 1.807) is 17.0 Å². The summed E-state index contributed by atoms with van der Waals surface area (Å²) in [6, 6.07) is 3.86. The number of nitrogens with zero attached hydrogens (tertiary/aromatic N) is 2. The number of benzene rings is 1. The predicted molar refractivity (Wildman–Crippen MR) is 161 cm³/mol. The lowest BCUT2D eigenvalue weighted by atomic mass is 9.85. The van der Waals surface area contributed by atoms with Crippen LogP contribution in [0.5, 0.6) is 5.75 Å². The molecule has 0 aromatic heterocycles. The first kappa shape index (κ1) is 33.2. The van der Waals surface area contributed by atoms with Gasteiger partial charge in [0.2, 0.25) is 11.8 Å². The van der Waals surface area contributed by atoms with Gasteiger partial charge in [0.1, 0.15) is 23.6 Å². The molecule has 2 unspecified atom stereocenters. The summed E-state index contributed by atoms with van der Waals surface area (Å²) in [5.41, 5.74) is 0.837. The highest BCUT2D eigenvalue weighted by Crippen LogP contribution is 2.27. The predicted octanol–water partition coefficient (Wildman–Crippen LogP) is 4.00. The summed E-state index contributed by atoms with van der Waals surface area (Å²) < 4.78 is 11.3.